The molecule has 5 nitrogen and oxygen atoms in total. The van der Waals surface area contributed by atoms with Gasteiger partial charge in [0.2, 0.25) is 0 Å². The number of ether oxygens (including phenoxy) is 1. The van der Waals surface area contributed by atoms with Crippen LogP contribution in [0.2, 0.25) is 0 Å². The number of benzene rings is 2. The molecule has 0 spiro atoms. The summed E-state index contributed by atoms with van der Waals surface area (Å²) in [5.74, 6) is -1.24. The molecule has 2 aromatic rings. The number of rotatable bonds is 5. The molecule has 0 saturated heterocycles. The number of amides is 2. The molecule has 26 heavy (non-hydrogen) atoms. The molecular formula is C18H15F3N2O3. The molecule has 0 aromatic heterocycles. The second-order valence-corrected chi connectivity index (χ2v) is 5.82. The highest BCUT2D eigenvalue weighted by molar-refractivity contribution is 6.09. The maximum atomic E-state index is 12.3. The van der Waals surface area contributed by atoms with Crippen molar-refractivity contribution in [2.45, 2.75) is 25.2 Å². The van der Waals surface area contributed by atoms with E-state index in [1.54, 1.807) is 24.3 Å². The number of nitrogens with one attached hydrogen (secondary N) is 2. The molecule has 0 unspecified atom stereocenters. The van der Waals surface area contributed by atoms with Gasteiger partial charge in [-0.15, -0.1) is 13.2 Å². The molecule has 0 heterocycles. The lowest BCUT2D eigenvalue weighted by atomic mass is 10.1. The minimum Gasteiger partial charge on any atom is -0.406 e. The molecule has 1 saturated carbocycles. The van der Waals surface area contributed by atoms with Gasteiger partial charge in [-0.25, -0.2) is 0 Å². The van der Waals surface area contributed by atoms with E-state index in [2.05, 4.69) is 15.4 Å². The SMILES string of the molecule is O=C(Nc1ccccc1C(=O)NC1CC1)c1ccc(OC(F)(F)F)cc1. The van der Waals surface area contributed by atoms with Crippen LogP contribution >= 0.6 is 0 Å². The molecule has 0 aliphatic heterocycles. The van der Waals surface area contributed by atoms with Crippen LogP contribution in [0.15, 0.2) is 48.5 Å². The molecule has 0 radical (unpaired) electrons. The van der Waals surface area contributed by atoms with E-state index in [0.717, 1.165) is 25.0 Å². The van der Waals surface area contributed by atoms with Crippen LogP contribution in [0.5, 0.6) is 5.75 Å². The van der Waals surface area contributed by atoms with Crippen molar-refractivity contribution >= 4 is 17.5 Å². The van der Waals surface area contributed by atoms with Gasteiger partial charge in [-0.3, -0.25) is 9.59 Å². The first kappa shape index (κ1) is 17.8. The summed E-state index contributed by atoms with van der Waals surface area (Å²) in [5, 5.41) is 5.45. The van der Waals surface area contributed by atoms with E-state index in [9.17, 15) is 22.8 Å². The second-order valence-electron chi connectivity index (χ2n) is 5.82. The third kappa shape index (κ3) is 4.75. The quantitative estimate of drug-likeness (QED) is 0.850. The summed E-state index contributed by atoms with van der Waals surface area (Å²) in [6.45, 7) is 0. The maximum absolute atomic E-state index is 12.3. The van der Waals surface area contributed by atoms with Crippen molar-refractivity contribution < 1.29 is 27.5 Å². The molecule has 1 aliphatic rings. The summed E-state index contributed by atoms with van der Waals surface area (Å²) in [7, 11) is 0. The summed E-state index contributed by atoms with van der Waals surface area (Å²) in [6.07, 6.45) is -2.92. The van der Waals surface area contributed by atoms with Crippen molar-refractivity contribution in [3.8, 4) is 5.75 Å². The molecule has 0 bridgehead atoms. The Labute approximate surface area is 147 Å². The lowest BCUT2D eigenvalue weighted by molar-refractivity contribution is -0.274. The van der Waals surface area contributed by atoms with Gasteiger partial charge in [0.25, 0.3) is 11.8 Å². The monoisotopic (exact) mass is 364 g/mol. The number of para-hydroxylation sites is 1. The first-order chi connectivity index (χ1) is 12.3. The van der Waals surface area contributed by atoms with Gasteiger partial charge in [-0.2, -0.15) is 0 Å². The van der Waals surface area contributed by atoms with E-state index in [1.807, 2.05) is 0 Å². The van der Waals surface area contributed by atoms with E-state index in [-0.39, 0.29) is 17.5 Å². The Hall–Kier alpha value is -3.03. The van der Waals surface area contributed by atoms with Crippen LogP contribution in [0.4, 0.5) is 18.9 Å². The van der Waals surface area contributed by atoms with Crippen molar-refractivity contribution in [2.24, 2.45) is 0 Å². The highest BCUT2D eigenvalue weighted by Crippen LogP contribution is 2.24. The standard InChI is InChI=1S/C18H15F3N2O3/c19-18(20,21)26-13-9-5-11(6-10-13)16(24)23-15-4-2-1-3-14(15)17(25)22-12-7-8-12/h1-6,9-10,12H,7-8H2,(H,22,25)(H,23,24). The third-order valence-electron chi connectivity index (χ3n) is 3.68. The van der Waals surface area contributed by atoms with Crippen LogP contribution in [0.1, 0.15) is 33.6 Å². The maximum Gasteiger partial charge on any atom is 0.573 e. The van der Waals surface area contributed by atoms with Gasteiger partial charge in [-0.1, -0.05) is 12.1 Å². The van der Waals surface area contributed by atoms with E-state index >= 15 is 0 Å². The summed E-state index contributed by atoms with van der Waals surface area (Å²) in [5.41, 5.74) is 0.785. The van der Waals surface area contributed by atoms with Crippen LogP contribution in [0.3, 0.4) is 0 Å². The first-order valence-corrected chi connectivity index (χ1v) is 7.89. The number of carbonyl (C=O) groups excluding carboxylic acids is 2. The molecule has 2 N–H and O–H groups in total. The Balaban J connectivity index is 1.70. The van der Waals surface area contributed by atoms with Crippen LogP contribution in [0.25, 0.3) is 0 Å². The number of hydrogen-bond donors (Lipinski definition) is 2. The van der Waals surface area contributed by atoms with Gasteiger partial charge in [0, 0.05) is 11.6 Å². The summed E-state index contributed by atoms with van der Waals surface area (Å²) < 4.78 is 40.3. The van der Waals surface area contributed by atoms with Crippen LogP contribution in [-0.2, 0) is 0 Å². The largest absolute Gasteiger partial charge is 0.573 e. The zero-order valence-corrected chi connectivity index (χ0v) is 13.5. The Morgan fingerprint density at radius 1 is 0.962 bits per heavy atom. The minimum absolute atomic E-state index is 0.136. The van der Waals surface area contributed by atoms with E-state index in [1.165, 1.54) is 12.1 Å². The van der Waals surface area contributed by atoms with E-state index in [4.69, 9.17) is 0 Å². The molecule has 136 valence electrons. The van der Waals surface area contributed by atoms with Crippen molar-refractivity contribution in [1.82, 2.24) is 5.32 Å². The molecule has 3 rings (SSSR count). The fourth-order valence-electron chi connectivity index (χ4n) is 2.28. The third-order valence-corrected chi connectivity index (χ3v) is 3.68. The minimum atomic E-state index is -4.79. The Kier molecular flexibility index (Phi) is 4.83. The second kappa shape index (κ2) is 7.07. The van der Waals surface area contributed by atoms with E-state index < -0.39 is 18.0 Å². The highest BCUT2D eigenvalue weighted by atomic mass is 19.4. The van der Waals surface area contributed by atoms with Gasteiger partial charge < -0.3 is 15.4 Å². The van der Waals surface area contributed by atoms with Crippen molar-refractivity contribution in [3.63, 3.8) is 0 Å². The molecule has 2 amide bonds. The smallest absolute Gasteiger partial charge is 0.406 e. The van der Waals surface area contributed by atoms with Crippen LogP contribution < -0.4 is 15.4 Å². The molecule has 2 aromatic carbocycles. The average Bonchev–Trinajstić information content (AvgIpc) is 3.38. The predicted molar refractivity (Wildman–Crippen MR) is 88.0 cm³/mol. The molecule has 1 fully saturated rings. The number of halogens is 3. The summed E-state index contributed by atoms with van der Waals surface area (Å²) in [6, 6.07) is 11.2. The van der Waals surface area contributed by atoms with Gasteiger partial charge in [0.1, 0.15) is 5.75 Å². The number of anilines is 1. The Morgan fingerprint density at radius 2 is 1.62 bits per heavy atom. The summed E-state index contributed by atoms with van der Waals surface area (Å²) >= 11 is 0. The van der Waals surface area contributed by atoms with Gasteiger partial charge in [-0.05, 0) is 49.2 Å². The summed E-state index contributed by atoms with van der Waals surface area (Å²) in [4.78, 5) is 24.5. The fourth-order valence-corrected chi connectivity index (χ4v) is 2.28. The fraction of sp³-hybridized carbons (Fsp3) is 0.222. The topological polar surface area (TPSA) is 67.4 Å². The Morgan fingerprint density at radius 3 is 2.23 bits per heavy atom. The number of carbonyl (C=O) groups is 2. The number of alkyl halides is 3. The lowest BCUT2D eigenvalue weighted by Gasteiger charge is -2.12. The van der Waals surface area contributed by atoms with Gasteiger partial charge >= 0.3 is 6.36 Å². The molecular weight excluding hydrogens is 349 g/mol. The van der Waals surface area contributed by atoms with Gasteiger partial charge in [0.15, 0.2) is 0 Å². The van der Waals surface area contributed by atoms with Gasteiger partial charge in [0.05, 0.1) is 11.3 Å². The lowest BCUT2D eigenvalue weighted by Crippen LogP contribution is -2.27. The number of hydrogen-bond acceptors (Lipinski definition) is 3. The molecule has 0 atom stereocenters. The highest BCUT2D eigenvalue weighted by Gasteiger charge is 2.31. The Bertz CT molecular complexity index is 815. The average molecular weight is 364 g/mol. The molecule has 8 heteroatoms. The van der Waals surface area contributed by atoms with Crippen molar-refractivity contribution in [1.29, 1.82) is 0 Å². The van der Waals surface area contributed by atoms with Crippen molar-refractivity contribution in [2.75, 3.05) is 5.32 Å². The first-order valence-electron chi connectivity index (χ1n) is 7.89. The predicted octanol–water partition coefficient (Wildman–Crippen LogP) is 3.73. The zero-order chi connectivity index (χ0) is 18.7. The normalized spacial score (nSPS) is 13.8. The zero-order valence-electron chi connectivity index (χ0n) is 13.5. The van der Waals surface area contributed by atoms with Crippen LogP contribution in [0, 0.1) is 0 Å². The van der Waals surface area contributed by atoms with Crippen molar-refractivity contribution in [3.05, 3.63) is 59.7 Å². The molecule has 1 aliphatic carbocycles. The van der Waals surface area contributed by atoms with Crippen LogP contribution in [-0.4, -0.2) is 24.2 Å². The van der Waals surface area contributed by atoms with E-state index in [0.29, 0.717) is 11.3 Å².